The number of phenols is 1. The highest BCUT2D eigenvalue weighted by atomic mass is 16.4. The molecule has 0 aliphatic rings. The number of nitrogens with zero attached hydrogens (tertiary/aromatic N) is 1. The van der Waals surface area contributed by atoms with Crippen LogP contribution in [0, 0.1) is 0 Å². The first-order valence-corrected chi connectivity index (χ1v) is 5.98. The highest BCUT2D eigenvalue weighted by Crippen LogP contribution is 2.34. The van der Waals surface area contributed by atoms with Gasteiger partial charge >= 0.3 is 0 Å². The van der Waals surface area contributed by atoms with Gasteiger partial charge in [-0.15, -0.1) is 0 Å². The Morgan fingerprint density at radius 3 is 2.44 bits per heavy atom. The Kier molecular flexibility index (Phi) is 2.14. The summed E-state index contributed by atoms with van der Waals surface area (Å²) in [5.41, 5.74) is 1.31. The summed E-state index contributed by atoms with van der Waals surface area (Å²) in [6.07, 6.45) is 0. The third-order valence-electron chi connectivity index (χ3n) is 3.02. The number of rotatable bonds is 0. The molecule has 0 unspecified atom stereocenters. The number of benzene rings is 2. The maximum absolute atomic E-state index is 9.99. The molecule has 3 rings (SSSR count). The molecule has 3 heteroatoms. The fourth-order valence-corrected chi connectivity index (χ4v) is 2.06. The quantitative estimate of drug-likeness (QED) is 0.647. The van der Waals surface area contributed by atoms with E-state index in [1.54, 1.807) is 6.07 Å². The van der Waals surface area contributed by atoms with Gasteiger partial charge in [0.2, 0.25) is 5.89 Å². The minimum Gasteiger partial charge on any atom is -0.507 e. The molecule has 1 N–H and O–H groups in total. The van der Waals surface area contributed by atoms with Gasteiger partial charge in [-0.2, -0.15) is 0 Å². The van der Waals surface area contributed by atoms with Gasteiger partial charge in [-0.05, 0) is 0 Å². The number of oxazole rings is 1. The molecule has 92 valence electrons. The van der Waals surface area contributed by atoms with Gasteiger partial charge in [0.1, 0.15) is 11.3 Å². The number of hydrogen-bond acceptors (Lipinski definition) is 3. The van der Waals surface area contributed by atoms with E-state index in [9.17, 15) is 5.11 Å². The van der Waals surface area contributed by atoms with E-state index in [4.69, 9.17) is 4.42 Å². The van der Waals surface area contributed by atoms with Gasteiger partial charge < -0.3 is 9.52 Å². The zero-order valence-corrected chi connectivity index (χ0v) is 10.7. The second-order valence-corrected chi connectivity index (χ2v) is 5.56. The standard InChI is InChI=1S/C15H15NO2/c1-15(2,3)14-16-13-10-7-5-4-6-9(10)11(17)8-12(13)18-14/h4-8,17H,1-3H3. The summed E-state index contributed by atoms with van der Waals surface area (Å²) in [4.78, 5) is 4.58. The van der Waals surface area contributed by atoms with E-state index >= 15 is 0 Å². The highest BCUT2D eigenvalue weighted by Gasteiger charge is 2.22. The number of fused-ring (bicyclic) bond motifs is 3. The first-order valence-electron chi connectivity index (χ1n) is 5.98. The maximum Gasteiger partial charge on any atom is 0.200 e. The average molecular weight is 241 g/mol. The molecule has 3 aromatic rings. The molecule has 3 nitrogen and oxygen atoms in total. The van der Waals surface area contributed by atoms with E-state index in [2.05, 4.69) is 25.8 Å². The van der Waals surface area contributed by atoms with Crippen molar-refractivity contribution in [2.24, 2.45) is 0 Å². The summed E-state index contributed by atoms with van der Waals surface area (Å²) >= 11 is 0. The number of aromatic nitrogens is 1. The van der Waals surface area contributed by atoms with E-state index in [-0.39, 0.29) is 11.2 Å². The first-order chi connectivity index (χ1) is 8.47. The molecule has 0 saturated heterocycles. The molecule has 0 saturated carbocycles. The molecule has 0 atom stereocenters. The molecule has 0 amide bonds. The largest absolute Gasteiger partial charge is 0.507 e. The van der Waals surface area contributed by atoms with Crippen LogP contribution in [0.2, 0.25) is 0 Å². The van der Waals surface area contributed by atoms with Crippen LogP contribution in [-0.2, 0) is 5.41 Å². The molecule has 2 aromatic carbocycles. The lowest BCUT2D eigenvalue weighted by Crippen LogP contribution is -2.10. The van der Waals surface area contributed by atoms with Crippen molar-refractivity contribution < 1.29 is 9.52 Å². The third-order valence-corrected chi connectivity index (χ3v) is 3.02. The zero-order chi connectivity index (χ0) is 12.9. The average Bonchev–Trinajstić information content (AvgIpc) is 2.73. The first kappa shape index (κ1) is 11.1. The van der Waals surface area contributed by atoms with Crippen LogP contribution in [0.1, 0.15) is 26.7 Å². The smallest absolute Gasteiger partial charge is 0.200 e. The lowest BCUT2D eigenvalue weighted by molar-refractivity contribution is 0.409. The Hall–Kier alpha value is -2.03. The van der Waals surface area contributed by atoms with Crippen LogP contribution in [0.4, 0.5) is 0 Å². The van der Waals surface area contributed by atoms with Crippen molar-refractivity contribution in [3.8, 4) is 5.75 Å². The van der Waals surface area contributed by atoms with Gasteiger partial charge in [-0.3, -0.25) is 0 Å². The molecule has 0 spiro atoms. The summed E-state index contributed by atoms with van der Waals surface area (Å²) in [5, 5.41) is 11.7. The number of phenolic OH excluding ortho intramolecular Hbond substituents is 1. The molecule has 0 radical (unpaired) electrons. The van der Waals surface area contributed by atoms with E-state index in [1.165, 1.54) is 0 Å². The van der Waals surface area contributed by atoms with Crippen molar-refractivity contribution in [1.82, 2.24) is 4.98 Å². The topological polar surface area (TPSA) is 46.3 Å². The van der Waals surface area contributed by atoms with Crippen molar-refractivity contribution in [2.45, 2.75) is 26.2 Å². The van der Waals surface area contributed by atoms with Crippen LogP contribution in [0.15, 0.2) is 34.7 Å². The minimum atomic E-state index is -0.143. The van der Waals surface area contributed by atoms with E-state index < -0.39 is 0 Å². The van der Waals surface area contributed by atoms with Crippen molar-refractivity contribution >= 4 is 21.9 Å². The van der Waals surface area contributed by atoms with Crippen molar-refractivity contribution in [1.29, 1.82) is 0 Å². The summed E-state index contributed by atoms with van der Waals surface area (Å²) in [5.74, 6) is 0.919. The molecule has 1 aromatic heterocycles. The molecule has 0 aliphatic carbocycles. The molecular formula is C15H15NO2. The van der Waals surface area contributed by atoms with Gasteiger partial charge in [0.05, 0.1) is 0 Å². The van der Waals surface area contributed by atoms with Crippen LogP contribution in [0.25, 0.3) is 21.9 Å². The Balaban J connectivity index is 2.44. The second kappa shape index (κ2) is 3.48. The molecule has 0 bridgehead atoms. The fraction of sp³-hybridized carbons (Fsp3) is 0.267. The highest BCUT2D eigenvalue weighted by molar-refractivity contribution is 6.06. The monoisotopic (exact) mass is 241 g/mol. The predicted octanol–water partition coefficient (Wildman–Crippen LogP) is 3.98. The maximum atomic E-state index is 9.99. The van der Waals surface area contributed by atoms with Gasteiger partial charge in [-0.1, -0.05) is 45.0 Å². The molecule has 1 heterocycles. The number of aromatic hydroxyl groups is 1. The zero-order valence-electron chi connectivity index (χ0n) is 10.7. The Morgan fingerprint density at radius 1 is 1.11 bits per heavy atom. The molecule has 0 aliphatic heterocycles. The SMILES string of the molecule is CC(C)(C)c1nc2c(cc(O)c3ccccc32)o1. The fourth-order valence-electron chi connectivity index (χ4n) is 2.06. The van der Waals surface area contributed by atoms with Crippen LogP contribution in [0.5, 0.6) is 5.75 Å². The third kappa shape index (κ3) is 1.55. The minimum absolute atomic E-state index is 0.143. The van der Waals surface area contributed by atoms with Crippen LogP contribution in [-0.4, -0.2) is 10.1 Å². The second-order valence-electron chi connectivity index (χ2n) is 5.56. The summed E-state index contributed by atoms with van der Waals surface area (Å²) in [6, 6.07) is 9.31. The Labute approximate surface area is 105 Å². The van der Waals surface area contributed by atoms with Crippen molar-refractivity contribution in [2.75, 3.05) is 0 Å². The Bertz CT molecular complexity index is 735. The van der Waals surface area contributed by atoms with Crippen LogP contribution < -0.4 is 0 Å². The van der Waals surface area contributed by atoms with Crippen molar-refractivity contribution in [3.63, 3.8) is 0 Å². The van der Waals surface area contributed by atoms with E-state index in [0.29, 0.717) is 11.5 Å². The lowest BCUT2D eigenvalue weighted by Gasteiger charge is -2.11. The van der Waals surface area contributed by atoms with E-state index in [0.717, 1.165) is 16.3 Å². The van der Waals surface area contributed by atoms with Gasteiger partial charge in [0.25, 0.3) is 0 Å². The summed E-state index contributed by atoms with van der Waals surface area (Å²) in [7, 11) is 0. The van der Waals surface area contributed by atoms with Crippen LogP contribution in [0.3, 0.4) is 0 Å². The van der Waals surface area contributed by atoms with Gasteiger partial charge in [0, 0.05) is 22.3 Å². The molecule has 18 heavy (non-hydrogen) atoms. The van der Waals surface area contributed by atoms with Crippen molar-refractivity contribution in [3.05, 3.63) is 36.2 Å². The van der Waals surface area contributed by atoms with Crippen LogP contribution >= 0.6 is 0 Å². The molecular weight excluding hydrogens is 226 g/mol. The normalized spacial score (nSPS) is 12.4. The number of hydrogen-bond donors (Lipinski definition) is 1. The summed E-state index contributed by atoms with van der Waals surface area (Å²) < 4.78 is 5.75. The van der Waals surface area contributed by atoms with Gasteiger partial charge in [0.15, 0.2) is 5.58 Å². The van der Waals surface area contributed by atoms with E-state index in [1.807, 2.05) is 24.3 Å². The Morgan fingerprint density at radius 2 is 1.78 bits per heavy atom. The van der Waals surface area contributed by atoms with Gasteiger partial charge in [-0.25, -0.2) is 4.98 Å². The summed E-state index contributed by atoms with van der Waals surface area (Å²) in [6.45, 7) is 6.17. The predicted molar refractivity (Wildman–Crippen MR) is 71.9 cm³/mol. The molecule has 0 fully saturated rings. The lowest BCUT2D eigenvalue weighted by atomic mass is 9.97.